The Hall–Kier alpha value is -8.78. The second-order valence-corrected chi connectivity index (χ2v) is 20.8. The Bertz CT molecular complexity index is 4620. The smallest absolute Gasteiger partial charge is 0.344 e. The van der Waals surface area contributed by atoms with E-state index in [1.807, 2.05) is 103 Å². The van der Waals surface area contributed by atoms with Crippen LogP contribution in [0.1, 0.15) is 36.9 Å². The predicted molar refractivity (Wildman–Crippen MR) is 303 cm³/mol. The van der Waals surface area contributed by atoms with E-state index < -0.39 is 16.1 Å². The minimum Gasteiger partial charge on any atom is -0.727 e. The molecule has 0 aliphatic heterocycles. The van der Waals surface area contributed by atoms with Gasteiger partial charge >= 0.3 is 17.8 Å². The molecule has 3 N–H and O–H groups in total. The van der Waals surface area contributed by atoms with Crippen molar-refractivity contribution >= 4 is 127 Å². The van der Waals surface area contributed by atoms with E-state index in [0.29, 0.717) is 39.1 Å². The van der Waals surface area contributed by atoms with Gasteiger partial charge in [-0.2, -0.15) is 17.6 Å². The average molecular weight is 1120 g/mol. The fourth-order valence-corrected chi connectivity index (χ4v) is 10.7. The Morgan fingerprint density at radius 2 is 1.25 bits per heavy atom. The fourth-order valence-electron chi connectivity index (χ4n) is 9.98. The summed E-state index contributed by atoms with van der Waals surface area (Å²) in [5.41, 5.74) is 11.3. The van der Waals surface area contributed by atoms with Crippen LogP contribution in [0.2, 0.25) is 0 Å². The third-order valence-corrected chi connectivity index (χ3v) is 15.0. The van der Waals surface area contributed by atoms with Crippen LogP contribution in [0.15, 0.2) is 127 Å². The van der Waals surface area contributed by atoms with Gasteiger partial charge < -0.3 is 46.8 Å². The molecule has 6 aromatic carbocycles. The number of hydrogen-bond acceptors (Lipinski definition) is 12. The first-order chi connectivity index (χ1) is 38.7. The standard InChI is InChI=1S/C24H19N2O3S.C18H18N2O4S.C18H15NO4.H2O2/c1-18-25(2)21-17-24-20(19-10-6-7-11-23(19)29-24)16-22(21)26(18)12-14-28-13-8-4-5-9-15-30-27-3;1-12-19(2)17-10-14-13-6-3-4-7-15(13)20(8-5-9-25(21,22)23)16(14)11-18(17)24-12;1-11-19(8-4-7-18(20)21)14-9-13-12-5-2-3-6-15(12)23-16(13)10-17(14)22-11;1-2/h6-7,10-11,16-17H,12,14H2,1-3H3;3-4,6-7,10-11H,5,8-9H2,1-2H3;2-3,5-6,9-10H,4,7-8H2,1H3;1-2H/q+1;;;/p+1. The van der Waals surface area contributed by atoms with Crippen molar-refractivity contribution in [3.05, 3.63) is 127 Å². The highest BCUT2D eigenvalue weighted by Gasteiger charge is 2.24. The second kappa shape index (κ2) is 24.5. The van der Waals surface area contributed by atoms with Gasteiger partial charge in [-0.25, -0.2) is 9.13 Å². The van der Waals surface area contributed by atoms with E-state index in [-0.39, 0.29) is 12.2 Å². The van der Waals surface area contributed by atoms with Crippen LogP contribution in [-0.2, 0) is 57.6 Å². The molecule has 0 atom stereocenters. The number of imidazole rings is 1. The van der Waals surface area contributed by atoms with E-state index in [2.05, 4.69) is 99.1 Å². The second-order valence-electron chi connectivity index (χ2n) is 18.5. The van der Waals surface area contributed by atoms with Crippen LogP contribution in [0.5, 0.6) is 0 Å². The monoisotopic (exact) mass is 1120 g/mol. The highest BCUT2D eigenvalue weighted by atomic mass is 32.2. The molecule has 0 bridgehead atoms. The van der Waals surface area contributed by atoms with Gasteiger partial charge in [-0.05, 0) is 24.6 Å². The van der Waals surface area contributed by atoms with Crippen LogP contribution >= 0.6 is 12.0 Å². The number of rotatable bonds is 12. The van der Waals surface area contributed by atoms with Crippen molar-refractivity contribution < 1.29 is 73.7 Å². The van der Waals surface area contributed by atoms with Crippen LogP contribution < -0.4 is 19.0 Å². The molecule has 0 spiro atoms. The molecule has 0 saturated carbocycles. The molecule has 0 amide bonds. The normalized spacial score (nSPS) is 11.2. The zero-order valence-electron chi connectivity index (χ0n) is 44.5. The summed E-state index contributed by atoms with van der Waals surface area (Å²) in [5, 5.41) is 31.0. The molecular weight excluding hydrogens is 1060 g/mol. The fraction of sp³-hybridized carbons (Fsp3) is 0.233. The molecule has 0 aliphatic carbocycles. The third-order valence-electron chi connectivity index (χ3n) is 13.8. The summed E-state index contributed by atoms with van der Waals surface area (Å²) in [5.74, 6) is 12.2. The first-order valence-electron chi connectivity index (χ1n) is 25.2. The summed E-state index contributed by atoms with van der Waals surface area (Å²) in [6.45, 7) is 8.15. The van der Waals surface area contributed by atoms with Crippen LogP contribution in [0, 0.1) is 55.8 Å². The highest BCUT2D eigenvalue weighted by molar-refractivity contribution is 7.99. The zero-order valence-corrected chi connectivity index (χ0v) is 46.2. The van der Waals surface area contributed by atoms with E-state index in [1.165, 1.54) is 0 Å². The molecule has 0 aliphatic rings. The number of carboxylic acid groups (broad SMARTS) is 1. The molecule has 6 heterocycles. The number of oxazole rings is 2. The maximum Gasteiger partial charge on any atom is 0.344 e. The summed E-state index contributed by atoms with van der Waals surface area (Å²) in [6, 6.07) is 36.5. The lowest BCUT2D eigenvalue weighted by atomic mass is 10.1. The first kappa shape index (κ1) is 56.0. The van der Waals surface area contributed by atoms with Crippen molar-refractivity contribution in [2.75, 3.05) is 19.5 Å². The summed E-state index contributed by atoms with van der Waals surface area (Å²) >= 11 is 1.03. The molecule has 12 rings (SSSR count). The number of aliphatic carboxylic acids is 1. The Kier molecular flexibility index (Phi) is 17.1. The van der Waals surface area contributed by atoms with Gasteiger partial charge in [0.25, 0.3) is 27.0 Å². The molecule has 408 valence electrons. The third kappa shape index (κ3) is 11.8. The van der Waals surface area contributed by atoms with Crippen molar-refractivity contribution in [3.63, 3.8) is 0 Å². The number of para-hydroxylation sites is 3. The Morgan fingerprint density at radius 3 is 1.95 bits per heavy atom. The van der Waals surface area contributed by atoms with E-state index in [4.69, 9.17) is 46.8 Å². The number of fused-ring (bicyclic) bond motifs is 12. The van der Waals surface area contributed by atoms with Crippen molar-refractivity contribution in [2.24, 2.45) is 14.1 Å². The van der Waals surface area contributed by atoms with Gasteiger partial charge in [0.05, 0.1) is 57.7 Å². The SMILES string of the molecule is COSC#CC#CC#COCCn1c(C)[n+](C)c2cc3oc4ccccc4c3cc21.Cc1oc2cc3c(cc2[n+]1C)c1ccccc1n3CCCS(=O)(=O)O.Cc1oc2cc3oc4ccccc4c3cc2[n+]1CCCC(=O)O.[O-]O. The maximum atomic E-state index is 11.0. The van der Waals surface area contributed by atoms with Crippen molar-refractivity contribution in [1.29, 1.82) is 0 Å². The number of hydrogen-bond donors (Lipinski definition) is 3. The van der Waals surface area contributed by atoms with Crippen LogP contribution in [0.25, 0.3) is 98.9 Å². The van der Waals surface area contributed by atoms with Gasteiger partial charge in [-0.3, -0.25) is 9.35 Å². The molecule has 0 fully saturated rings. The number of furan rings is 2. The number of carbonyl (C=O) groups is 1. The van der Waals surface area contributed by atoms with Crippen LogP contribution in [0.4, 0.5) is 0 Å². The van der Waals surface area contributed by atoms with Gasteiger partial charge in [-0.15, -0.1) is 0 Å². The number of aromatic nitrogens is 5. The summed E-state index contributed by atoms with van der Waals surface area (Å²) in [6.07, 6.45) is 3.67. The van der Waals surface area contributed by atoms with Crippen molar-refractivity contribution in [3.8, 4) is 35.0 Å². The number of nitrogens with zero attached hydrogens (tertiary/aromatic N) is 5. The first-order valence-corrected chi connectivity index (χ1v) is 27.5. The molecule has 18 nitrogen and oxygen atoms in total. The van der Waals surface area contributed by atoms with E-state index in [9.17, 15) is 13.2 Å². The van der Waals surface area contributed by atoms with Crippen LogP contribution in [-0.4, -0.2) is 57.9 Å². The van der Waals surface area contributed by atoms with Gasteiger partial charge in [0.2, 0.25) is 11.2 Å². The highest BCUT2D eigenvalue weighted by Crippen LogP contribution is 2.35. The number of aryl methyl sites for hydroxylation is 6. The van der Waals surface area contributed by atoms with Crippen LogP contribution in [0.3, 0.4) is 0 Å². The van der Waals surface area contributed by atoms with Crippen molar-refractivity contribution in [2.45, 2.75) is 59.7 Å². The largest absolute Gasteiger partial charge is 0.727 e. The molecule has 12 aromatic rings. The predicted octanol–water partition coefficient (Wildman–Crippen LogP) is 9.47. The Balaban J connectivity index is 0.000000144. The summed E-state index contributed by atoms with van der Waals surface area (Å²) < 4.78 is 75.3. The average Bonchev–Trinajstić information content (AvgIpc) is 4.33. The van der Waals surface area contributed by atoms with E-state index in [0.717, 1.165) is 129 Å². The molecule has 0 unspecified atom stereocenters. The lowest BCUT2D eigenvalue weighted by molar-refractivity contribution is -0.683. The minimum atomic E-state index is -3.96. The molecule has 20 heteroatoms. The summed E-state index contributed by atoms with van der Waals surface area (Å²) in [7, 11) is 1.62. The van der Waals surface area contributed by atoms with E-state index >= 15 is 0 Å². The minimum absolute atomic E-state index is 0.149. The molecule has 0 radical (unpaired) electrons. The van der Waals surface area contributed by atoms with Gasteiger partial charge in [0, 0.05) is 123 Å². The van der Waals surface area contributed by atoms with Gasteiger partial charge in [-0.1, -0.05) is 54.6 Å². The Labute approximate surface area is 462 Å². The Morgan fingerprint density at radius 1 is 0.625 bits per heavy atom. The molecule has 80 heavy (non-hydrogen) atoms. The quantitative estimate of drug-likeness (QED) is 0.0197. The summed E-state index contributed by atoms with van der Waals surface area (Å²) in [4.78, 5) is 10.7. The van der Waals surface area contributed by atoms with Gasteiger partial charge in [0.15, 0.2) is 17.6 Å². The molecular formula is C60H55N5O13S2+2. The molecule has 6 aromatic heterocycles. The maximum absolute atomic E-state index is 11.0. The zero-order chi connectivity index (χ0) is 56.7. The lowest BCUT2D eigenvalue weighted by Gasteiger charge is -2.06. The number of benzene rings is 6. The lowest BCUT2D eigenvalue weighted by Crippen LogP contribution is -2.35. The number of ether oxygens (including phenoxy) is 1. The van der Waals surface area contributed by atoms with Crippen molar-refractivity contribution in [1.82, 2.24) is 9.13 Å². The van der Waals surface area contributed by atoms with Gasteiger partial charge in [0.1, 0.15) is 48.6 Å². The topological polar surface area (TPSA) is 227 Å². The molecule has 0 saturated heterocycles. The van der Waals surface area contributed by atoms with E-state index in [1.54, 1.807) is 7.11 Å². The number of carboxylic acids is 1.